The quantitative estimate of drug-likeness (QED) is 0.121. The van der Waals surface area contributed by atoms with Crippen LogP contribution < -0.4 is 0 Å². The van der Waals surface area contributed by atoms with E-state index >= 15 is 0 Å². The van der Waals surface area contributed by atoms with Gasteiger partial charge in [0.2, 0.25) is 6.79 Å². The summed E-state index contributed by atoms with van der Waals surface area (Å²) in [6.45, 7) is 12.9. The average Bonchev–Trinajstić information content (AvgIpc) is 3.24. The minimum atomic E-state index is -0.655. The van der Waals surface area contributed by atoms with Crippen LogP contribution in [0.25, 0.3) is 0 Å². The topological polar surface area (TPSA) is 119 Å². The molecule has 1 unspecified atom stereocenters. The van der Waals surface area contributed by atoms with Crippen molar-refractivity contribution in [2.45, 2.75) is 118 Å². The molecule has 0 spiro atoms. The van der Waals surface area contributed by atoms with Crippen LogP contribution in [0.5, 0.6) is 0 Å². The number of fused-ring (bicyclic) bond motifs is 5. The summed E-state index contributed by atoms with van der Waals surface area (Å²) in [5.74, 6) is -1.39. The van der Waals surface area contributed by atoms with Gasteiger partial charge in [-0.05, 0) is 115 Å². The Bertz CT molecular complexity index is 1210. The molecule has 4 aliphatic carbocycles. The molecule has 10 atom stereocenters. The number of allylic oxidation sites excluding steroid dienone is 2. The minimum absolute atomic E-state index is 0.0194. The van der Waals surface area contributed by atoms with Gasteiger partial charge in [0.05, 0.1) is 12.2 Å². The maximum Gasteiger partial charge on any atom is 0.336 e. The molecule has 0 amide bonds. The summed E-state index contributed by atoms with van der Waals surface area (Å²) < 4.78 is 17.4. The van der Waals surface area contributed by atoms with Gasteiger partial charge in [-0.25, -0.2) is 4.79 Å². The maximum atomic E-state index is 13.8. The average molecular weight is 747 g/mol. The van der Waals surface area contributed by atoms with Crippen molar-refractivity contribution >= 4 is 49.8 Å². The van der Waals surface area contributed by atoms with Crippen molar-refractivity contribution in [2.75, 3.05) is 12.1 Å². The molecule has 10 heteroatoms. The van der Waals surface area contributed by atoms with Gasteiger partial charge in [0.15, 0.2) is 0 Å². The number of aliphatic hydroxyl groups excluding tert-OH is 2. The summed E-state index contributed by atoms with van der Waals surface area (Å²) in [4.78, 5) is 37.8. The summed E-state index contributed by atoms with van der Waals surface area (Å²) in [7, 11) is 0. The highest BCUT2D eigenvalue weighted by Gasteiger charge is 2.72. The SMILES string of the molecule is CC(=O)OCOC(=O)C(CCC(Br)=C(C)C)=C1[C@@H](OC(C)=O)C[C@@]2(CBr)[C@@H]1C[C@@H](O)[C@@H]1[C@@]3(C)CC[C@@H](O)[C@@H](C)C3CC[C@@]12C. The molecule has 2 N–H and O–H groups in total. The van der Waals surface area contributed by atoms with Gasteiger partial charge in [0.25, 0.3) is 0 Å². The molecular weight excluding hydrogens is 696 g/mol. The standard InChI is InChI=1S/C34H50Br2O8/c1-18(2)25(36)9-8-22(31(41)43-17-42-20(4)37)29-24-14-27(40)30-32(6)12-11-26(39)19(3)23(32)10-13-33(30,7)34(24,16-35)15-28(29)44-21(5)38/h19,23-24,26-28,30,39-40H,8-17H2,1-7H3/t19-,23?,24+,26+,27+,28-,30+,32-,33-,34+/m0/s1. The molecule has 4 saturated carbocycles. The van der Waals surface area contributed by atoms with Crippen molar-refractivity contribution in [1.82, 2.24) is 0 Å². The number of carbonyl (C=O) groups is 3. The number of hydrogen-bond donors (Lipinski definition) is 2. The van der Waals surface area contributed by atoms with Crippen molar-refractivity contribution in [2.24, 2.45) is 39.9 Å². The fraction of sp³-hybridized carbons (Fsp3) is 0.794. The number of carbonyl (C=O) groups excluding carboxylic acids is 3. The van der Waals surface area contributed by atoms with Crippen molar-refractivity contribution in [3.8, 4) is 0 Å². The van der Waals surface area contributed by atoms with Gasteiger partial charge >= 0.3 is 17.9 Å². The lowest BCUT2D eigenvalue weighted by atomic mass is 9.36. The van der Waals surface area contributed by atoms with Crippen molar-refractivity contribution in [3.05, 3.63) is 21.2 Å². The van der Waals surface area contributed by atoms with Gasteiger partial charge in [0, 0.05) is 24.8 Å². The van der Waals surface area contributed by atoms with Crippen LogP contribution in [-0.2, 0) is 28.6 Å². The van der Waals surface area contributed by atoms with E-state index in [1.807, 2.05) is 13.8 Å². The molecule has 0 aromatic rings. The first kappa shape index (κ1) is 35.6. The Balaban J connectivity index is 1.87. The largest absolute Gasteiger partial charge is 0.458 e. The van der Waals surface area contributed by atoms with Crippen molar-refractivity contribution < 1.29 is 38.8 Å². The Morgan fingerprint density at radius 2 is 1.64 bits per heavy atom. The predicted octanol–water partition coefficient (Wildman–Crippen LogP) is 6.74. The second kappa shape index (κ2) is 13.5. The summed E-state index contributed by atoms with van der Waals surface area (Å²) in [6, 6.07) is 0. The summed E-state index contributed by atoms with van der Waals surface area (Å²) in [6.07, 6.45) is 3.59. The fourth-order valence-electron chi connectivity index (χ4n) is 10.1. The summed E-state index contributed by atoms with van der Waals surface area (Å²) in [5, 5.41) is 23.6. The van der Waals surface area contributed by atoms with Crippen LogP contribution in [0, 0.1) is 39.9 Å². The molecule has 0 aromatic carbocycles. The molecule has 0 bridgehead atoms. The Kier molecular flexibility index (Phi) is 10.9. The van der Waals surface area contributed by atoms with E-state index < -0.39 is 42.3 Å². The molecule has 0 radical (unpaired) electrons. The number of alkyl halides is 1. The van der Waals surface area contributed by atoms with E-state index in [1.165, 1.54) is 13.8 Å². The van der Waals surface area contributed by atoms with E-state index in [0.717, 1.165) is 41.3 Å². The van der Waals surface area contributed by atoms with Gasteiger partial charge in [-0.3, -0.25) is 9.59 Å². The van der Waals surface area contributed by atoms with E-state index in [2.05, 4.69) is 52.6 Å². The molecule has 0 aliphatic heterocycles. The van der Waals surface area contributed by atoms with Crippen LogP contribution in [-0.4, -0.2) is 58.6 Å². The first-order valence-corrected chi connectivity index (χ1v) is 17.9. The second-order valence-corrected chi connectivity index (χ2v) is 16.0. The van der Waals surface area contributed by atoms with E-state index in [-0.39, 0.29) is 34.7 Å². The molecular formula is C34H50Br2O8. The fourth-order valence-corrected chi connectivity index (χ4v) is 11.6. The third-order valence-corrected chi connectivity index (χ3v) is 14.3. The molecule has 4 aliphatic rings. The molecule has 44 heavy (non-hydrogen) atoms. The number of hydrogen-bond acceptors (Lipinski definition) is 8. The molecule has 0 aromatic heterocycles. The highest BCUT2D eigenvalue weighted by molar-refractivity contribution is 9.11. The monoisotopic (exact) mass is 744 g/mol. The van der Waals surface area contributed by atoms with Crippen LogP contribution >= 0.6 is 31.9 Å². The molecule has 4 rings (SSSR count). The van der Waals surface area contributed by atoms with Crippen LogP contribution in [0.2, 0.25) is 0 Å². The Morgan fingerprint density at radius 1 is 0.955 bits per heavy atom. The number of rotatable bonds is 8. The van der Waals surface area contributed by atoms with E-state index in [1.54, 1.807) is 0 Å². The minimum Gasteiger partial charge on any atom is -0.458 e. The van der Waals surface area contributed by atoms with Gasteiger partial charge in [-0.15, -0.1) is 0 Å². The highest BCUT2D eigenvalue weighted by atomic mass is 79.9. The normalized spacial score (nSPS) is 40.6. The van der Waals surface area contributed by atoms with Gasteiger partial charge < -0.3 is 24.4 Å². The first-order valence-electron chi connectivity index (χ1n) is 16.0. The molecule has 248 valence electrons. The van der Waals surface area contributed by atoms with E-state index in [4.69, 9.17) is 14.2 Å². The van der Waals surface area contributed by atoms with Crippen LogP contribution in [0.3, 0.4) is 0 Å². The Labute approximate surface area is 279 Å². The lowest BCUT2D eigenvalue weighted by Crippen LogP contribution is -2.66. The number of aliphatic hydroxyl groups is 2. The summed E-state index contributed by atoms with van der Waals surface area (Å²) >= 11 is 7.57. The predicted molar refractivity (Wildman–Crippen MR) is 174 cm³/mol. The van der Waals surface area contributed by atoms with Gasteiger partial charge in [0.1, 0.15) is 6.10 Å². The third kappa shape index (κ3) is 6.11. The van der Waals surface area contributed by atoms with Crippen molar-refractivity contribution in [3.63, 3.8) is 0 Å². The third-order valence-electron chi connectivity index (χ3n) is 12.1. The Hall–Kier alpha value is -1.23. The molecule has 4 fully saturated rings. The zero-order chi connectivity index (χ0) is 32.8. The summed E-state index contributed by atoms with van der Waals surface area (Å²) in [5.41, 5.74) is 1.32. The van der Waals surface area contributed by atoms with Crippen LogP contribution in [0.15, 0.2) is 21.2 Å². The van der Waals surface area contributed by atoms with E-state index in [9.17, 15) is 24.6 Å². The first-order chi connectivity index (χ1) is 20.5. The highest BCUT2D eigenvalue weighted by Crippen LogP contribution is 2.75. The van der Waals surface area contributed by atoms with Crippen LogP contribution in [0.1, 0.15) is 99.8 Å². The lowest BCUT2D eigenvalue weighted by Gasteiger charge is -2.69. The number of ether oxygens (including phenoxy) is 3. The second-order valence-electron chi connectivity index (χ2n) is 14.5. The zero-order valence-electron chi connectivity index (χ0n) is 27.2. The van der Waals surface area contributed by atoms with Gasteiger partial charge in [-0.1, -0.05) is 58.2 Å². The Morgan fingerprint density at radius 3 is 2.23 bits per heavy atom. The van der Waals surface area contributed by atoms with E-state index in [0.29, 0.717) is 42.5 Å². The van der Waals surface area contributed by atoms with Crippen LogP contribution in [0.4, 0.5) is 0 Å². The number of halogens is 2. The zero-order valence-corrected chi connectivity index (χ0v) is 30.4. The number of esters is 3. The smallest absolute Gasteiger partial charge is 0.336 e. The molecule has 0 saturated heterocycles. The van der Waals surface area contributed by atoms with Crippen molar-refractivity contribution in [1.29, 1.82) is 0 Å². The lowest BCUT2D eigenvalue weighted by molar-refractivity contribution is -0.232. The maximum absolute atomic E-state index is 13.8. The molecule has 8 nitrogen and oxygen atoms in total. The molecule has 0 heterocycles. The van der Waals surface area contributed by atoms with Gasteiger partial charge in [-0.2, -0.15) is 0 Å².